The van der Waals surface area contributed by atoms with Crippen molar-refractivity contribution in [2.45, 2.75) is 31.3 Å². The van der Waals surface area contributed by atoms with E-state index in [0.717, 1.165) is 31.5 Å². The molecule has 0 bridgehead atoms. The van der Waals surface area contributed by atoms with E-state index in [2.05, 4.69) is 29.2 Å². The highest BCUT2D eigenvalue weighted by Crippen LogP contribution is 2.31. The van der Waals surface area contributed by atoms with E-state index >= 15 is 0 Å². The summed E-state index contributed by atoms with van der Waals surface area (Å²) in [6, 6.07) is 16.7. The van der Waals surface area contributed by atoms with Crippen LogP contribution >= 0.6 is 0 Å². The standard InChI is InChI=1S/C21H25FN2O2S/c22-20-8-6-17(7-9-20)14-24-15-21(16-27(24,25)26)23-12-10-19(11-13-23)18-4-2-1-3-5-18/h1-9,19,21H,10-16H2. The number of sulfonamides is 1. The summed E-state index contributed by atoms with van der Waals surface area (Å²) >= 11 is 0. The zero-order valence-electron chi connectivity index (χ0n) is 15.3. The maximum atomic E-state index is 13.1. The summed E-state index contributed by atoms with van der Waals surface area (Å²) < 4.78 is 39.8. The Morgan fingerprint density at radius 3 is 2.30 bits per heavy atom. The molecule has 0 N–H and O–H groups in total. The second-order valence-electron chi connectivity index (χ2n) is 7.57. The molecule has 2 saturated heterocycles. The molecule has 4 rings (SSSR count). The molecule has 2 fully saturated rings. The summed E-state index contributed by atoms with van der Waals surface area (Å²) in [7, 11) is -3.26. The molecule has 2 aliphatic rings. The maximum Gasteiger partial charge on any atom is 0.216 e. The minimum atomic E-state index is -3.26. The van der Waals surface area contributed by atoms with Crippen LogP contribution in [0.4, 0.5) is 4.39 Å². The first-order valence-corrected chi connectivity index (χ1v) is 11.1. The van der Waals surface area contributed by atoms with Crippen molar-refractivity contribution in [3.05, 3.63) is 71.5 Å². The molecule has 2 aromatic carbocycles. The molecule has 0 amide bonds. The maximum absolute atomic E-state index is 13.1. The fourth-order valence-electron chi connectivity index (χ4n) is 4.25. The van der Waals surface area contributed by atoms with Crippen LogP contribution in [0, 0.1) is 5.82 Å². The summed E-state index contributed by atoms with van der Waals surface area (Å²) in [5, 5.41) is 0. The third-order valence-corrected chi connectivity index (χ3v) is 7.67. The second kappa shape index (κ2) is 7.70. The van der Waals surface area contributed by atoms with Crippen LogP contribution in [-0.2, 0) is 16.6 Å². The Hall–Kier alpha value is -1.76. The predicted octanol–water partition coefficient (Wildman–Crippen LogP) is 3.22. The highest BCUT2D eigenvalue weighted by atomic mass is 32.2. The molecule has 0 aromatic heterocycles. The number of halogens is 1. The van der Waals surface area contributed by atoms with Crippen molar-refractivity contribution in [3.8, 4) is 0 Å². The van der Waals surface area contributed by atoms with Gasteiger partial charge in [-0.05, 0) is 55.1 Å². The first kappa shape index (κ1) is 18.6. The Morgan fingerprint density at radius 1 is 0.963 bits per heavy atom. The number of benzene rings is 2. The van der Waals surface area contributed by atoms with Gasteiger partial charge in [-0.2, -0.15) is 4.31 Å². The van der Waals surface area contributed by atoms with Crippen LogP contribution in [0.25, 0.3) is 0 Å². The minimum Gasteiger partial charge on any atom is -0.298 e. The largest absolute Gasteiger partial charge is 0.298 e. The molecule has 4 nitrogen and oxygen atoms in total. The van der Waals surface area contributed by atoms with Gasteiger partial charge in [-0.25, -0.2) is 12.8 Å². The number of piperidine rings is 1. The summed E-state index contributed by atoms with van der Waals surface area (Å²) in [6.07, 6.45) is 2.14. The van der Waals surface area contributed by atoms with Crippen molar-refractivity contribution in [2.24, 2.45) is 0 Å². The normalized spacial score (nSPS) is 24.3. The van der Waals surface area contributed by atoms with Crippen LogP contribution in [-0.4, -0.2) is 49.1 Å². The predicted molar refractivity (Wildman–Crippen MR) is 104 cm³/mol. The van der Waals surface area contributed by atoms with Gasteiger partial charge in [0.25, 0.3) is 0 Å². The van der Waals surface area contributed by atoms with Crippen LogP contribution in [0.5, 0.6) is 0 Å². The molecule has 1 atom stereocenters. The minimum absolute atomic E-state index is 0.0483. The molecule has 0 aliphatic carbocycles. The zero-order chi connectivity index (χ0) is 18.9. The van der Waals surface area contributed by atoms with E-state index in [9.17, 15) is 12.8 Å². The molecule has 27 heavy (non-hydrogen) atoms. The zero-order valence-corrected chi connectivity index (χ0v) is 16.1. The van der Waals surface area contributed by atoms with E-state index < -0.39 is 10.0 Å². The number of likely N-dealkylation sites (tertiary alicyclic amines) is 1. The first-order chi connectivity index (χ1) is 13.0. The van der Waals surface area contributed by atoms with Crippen LogP contribution in [0.1, 0.15) is 29.9 Å². The molecular weight excluding hydrogens is 363 g/mol. The van der Waals surface area contributed by atoms with E-state index in [1.807, 2.05) is 6.07 Å². The Morgan fingerprint density at radius 2 is 1.63 bits per heavy atom. The van der Waals surface area contributed by atoms with Gasteiger partial charge in [0.05, 0.1) is 5.75 Å². The van der Waals surface area contributed by atoms with Gasteiger partial charge in [0.2, 0.25) is 10.0 Å². The van der Waals surface area contributed by atoms with Gasteiger partial charge in [0, 0.05) is 19.1 Å². The van der Waals surface area contributed by atoms with Crippen molar-refractivity contribution >= 4 is 10.0 Å². The van der Waals surface area contributed by atoms with Gasteiger partial charge in [-0.3, -0.25) is 4.90 Å². The lowest BCUT2D eigenvalue weighted by Crippen LogP contribution is -2.43. The molecule has 0 spiro atoms. The molecule has 144 valence electrons. The highest BCUT2D eigenvalue weighted by molar-refractivity contribution is 7.89. The van der Waals surface area contributed by atoms with Crippen molar-refractivity contribution < 1.29 is 12.8 Å². The summed E-state index contributed by atoms with van der Waals surface area (Å²) in [5.41, 5.74) is 2.21. The lowest BCUT2D eigenvalue weighted by molar-refractivity contribution is 0.156. The smallest absolute Gasteiger partial charge is 0.216 e. The quantitative estimate of drug-likeness (QED) is 0.808. The van der Waals surface area contributed by atoms with E-state index in [1.165, 1.54) is 17.7 Å². The lowest BCUT2D eigenvalue weighted by atomic mass is 9.89. The van der Waals surface area contributed by atoms with Crippen molar-refractivity contribution in [2.75, 3.05) is 25.4 Å². The Bertz CT molecular complexity index is 863. The molecule has 2 aliphatic heterocycles. The third-order valence-electron chi connectivity index (χ3n) is 5.80. The van der Waals surface area contributed by atoms with Gasteiger partial charge in [0.15, 0.2) is 0 Å². The van der Waals surface area contributed by atoms with Crippen molar-refractivity contribution in [3.63, 3.8) is 0 Å². The van der Waals surface area contributed by atoms with E-state index in [1.54, 1.807) is 16.4 Å². The summed E-state index contributed by atoms with van der Waals surface area (Å²) in [5.74, 6) is 0.447. The van der Waals surface area contributed by atoms with Crippen molar-refractivity contribution in [1.82, 2.24) is 9.21 Å². The van der Waals surface area contributed by atoms with Crippen LogP contribution in [0.3, 0.4) is 0 Å². The number of hydrogen-bond acceptors (Lipinski definition) is 3. The average Bonchev–Trinajstić information content (AvgIpc) is 2.99. The van der Waals surface area contributed by atoms with Crippen LogP contribution in [0.15, 0.2) is 54.6 Å². The Kier molecular flexibility index (Phi) is 5.30. The highest BCUT2D eigenvalue weighted by Gasteiger charge is 2.39. The molecule has 0 radical (unpaired) electrons. The van der Waals surface area contributed by atoms with Crippen LogP contribution in [0.2, 0.25) is 0 Å². The van der Waals surface area contributed by atoms with Gasteiger partial charge >= 0.3 is 0 Å². The monoisotopic (exact) mass is 388 g/mol. The Balaban J connectivity index is 1.37. The molecular formula is C21H25FN2O2S. The first-order valence-electron chi connectivity index (χ1n) is 9.52. The van der Waals surface area contributed by atoms with Crippen molar-refractivity contribution in [1.29, 1.82) is 0 Å². The second-order valence-corrected chi connectivity index (χ2v) is 9.59. The number of hydrogen-bond donors (Lipinski definition) is 0. The molecule has 6 heteroatoms. The van der Waals surface area contributed by atoms with E-state index in [-0.39, 0.29) is 17.6 Å². The van der Waals surface area contributed by atoms with Crippen LogP contribution < -0.4 is 0 Å². The summed E-state index contributed by atoms with van der Waals surface area (Å²) in [4.78, 5) is 2.33. The average molecular weight is 389 g/mol. The van der Waals surface area contributed by atoms with Gasteiger partial charge < -0.3 is 0 Å². The fourth-order valence-corrected chi connectivity index (χ4v) is 6.01. The van der Waals surface area contributed by atoms with E-state index in [4.69, 9.17) is 0 Å². The molecule has 0 saturated carbocycles. The third kappa shape index (κ3) is 4.23. The number of rotatable bonds is 4. The summed E-state index contributed by atoms with van der Waals surface area (Å²) in [6.45, 7) is 2.71. The van der Waals surface area contributed by atoms with Gasteiger partial charge in [0.1, 0.15) is 5.82 Å². The fraction of sp³-hybridized carbons (Fsp3) is 0.429. The molecule has 1 unspecified atom stereocenters. The number of nitrogens with zero attached hydrogens (tertiary/aromatic N) is 2. The van der Waals surface area contributed by atoms with E-state index in [0.29, 0.717) is 19.0 Å². The molecule has 2 heterocycles. The lowest BCUT2D eigenvalue weighted by Gasteiger charge is -2.35. The SMILES string of the molecule is O=S1(=O)CC(N2CCC(c3ccccc3)CC2)CN1Cc1ccc(F)cc1. The topological polar surface area (TPSA) is 40.6 Å². The van der Waals surface area contributed by atoms with Gasteiger partial charge in [-0.1, -0.05) is 42.5 Å². The van der Waals surface area contributed by atoms with Gasteiger partial charge in [-0.15, -0.1) is 0 Å². The molecule has 2 aromatic rings. The Labute approximate surface area is 160 Å².